The Hall–Kier alpha value is -1.88. The summed E-state index contributed by atoms with van der Waals surface area (Å²) >= 11 is 0. The average molecular weight is 235 g/mol. The summed E-state index contributed by atoms with van der Waals surface area (Å²) in [5.74, 6) is -1.30. The Labute approximate surface area is 97.3 Å². The number of rotatable bonds is 2. The second-order valence-corrected chi connectivity index (χ2v) is 3.64. The highest BCUT2D eigenvalue weighted by molar-refractivity contribution is 5.59. The summed E-state index contributed by atoms with van der Waals surface area (Å²) < 4.78 is 25.9. The highest BCUT2D eigenvalue weighted by Gasteiger charge is 2.07. The van der Waals surface area contributed by atoms with E-state index in [0.29, 0.717) is 17.1 Å². The van der Waals surface area contributed by atoms with Gasteiger partial charge in [-0.3, -0.25) is 0 Å². The fraction of sp³-hybridized carbons (Fsp3) is 0.167. The maximum atomic E-state index is 13.1. The first kappa shape index (κ1) is 11.6. The summed E-state index contributed by atoms with van der Waals surface area (Å²) in [6.45, 7) is 2.00. The first-order valence-corrected chi connectivity index (χ1v) is 5.10. The van der Waals surface area contributed by atoms with Crippen molar-refractivity contribution < 1.29 is 8.78 Å². The summed E-state index contributed by atoms with van der Waals surface area (Å²) in [4.78, 5) is 8.28. The van der Waals surface area contributed by atoms with Gasteiger partial charge in [0.15, 0.2) is 11.6 Å². The average Bonchev–Trinajstić information content (AvgIpc) is 2.32. The fourth-order valence-electron chi connectivity index (χ4n) is 1.52. The lowest BCUT2D eigenvalue weighted by Crippen LogP contribution is -2.05. The Kier molecular flexibility index (Phi) is 3.10. The Morgan fingerprint density at radius 3 is 2.53 bits per heavy atom. The number of nitrogens with two attached hydrogens (primary N) is 1. The molecule has 1 aromatic heterocycles. The van der Waals surface area contributed by atoms with E-state index in [2.05, 4.69) is 9.97 Å². The minimum atomic E-state index is -0.895. The van der Waals surface area contributed by atoms with Crippen LogP contribution in [0.5, 0.6) is 0 Å². The number of nitrogens with zero attached hydrogens (tertiary/aromatic N) is 2. The van der Waals surface area contributed by atoms with Crippen LogP contribution in [-0.4, -0.2) is 9.97 Å². The molecule has 2 rings (SSSR count). The van der Waals surface area contributed by atoms with E-state index in [4.69, 9.17) is 5.73 Å². The number of benzene rings is 1. The Bertz CT molecular complexity index is 555. The molecule has 0 aliphatic heterocycles. The van der Waals surface area contributed by atoms with E-state index in [1.54, 1.807) is 13.0 Å². The van der Waals surface area contributed by atoms with E-state index >= 15 is 0 Å². The van der Waals surface area contributed by atoms with Gasteiger partial charge < -0.3 is 5.73 Å². The number of hydrogen-bond acceptors (Lipinski definition) is 3. The molecular formula is C12H11F2N3. The molecule has 0 bridgehead atoms. The van der Waals surface area contributed by atoms with Crippen LogP contribution in [0.15, 0.2) is 24.3 Å². The molecule has 3 nitrogen and oxygen atoms in total. The van der Waals surface area contributed by atoms with Crippen molar-refractivity contribution in [2.75, 3.05) is 0 Å². The zero-order valence-electron chi connectivity index (χ0n) is 9.24. The molecule has 0 unspecified atom stereocenters. The van der Waals surface area contributed by atoms with Crippen LogP contribution in [0.4, 0.5) is 8.78 Å². The topological polar surface area (TPSA) is 51.8 Å². The third kappa shape index (κ3) is 2.45. The van der Waals surface area contributed by atoms with E-state index in [1.807, 2.05) is 0 Å². The Balaban J connectivity index is 2.52. The van der Waals surface area contributed by atoms with Gasteiger partial charge in [0, 0.05) is 11.3 Å². The molecule has 0 amide bonds. The van der Waals surface area contributed by atoms with Gasteiger partial charge in [0.2, 0.25) is 0 Å². The van der Waals surface area contributed by atoms with Gasteiger partial charge in [-0.05, 0) is 31.2 Å². The van der Waals surface area contributed by atoms with Crippen LogP contribution in [0, 0.1) is 18.6 Å². The van der Waals surface area contributed by atoms with Crippen molar-refractivity contribution in [3.05, 3.63) is 47.4 Å². The van der Waals surface area contributed by atoms with E-state index in [-0.39, 0.29) is 6.54 Å². The Morgan fingerprint density at radius 1 is 1.12 bits per heavy atom. The molecule has 1 heterocycles. The SMILES string of the molecule is Cc1cc(-c2ccc(F)c(F)c2)nc(CN)n1. The molecule has 0 aliphatic rings. The molecule has 17 heavy (non-hydrogen) atoms. The molecule has 0 saturated heterocycles. The lowest BCUT2D eigenvalue weighted by Gasteiger charge is -2.05. The van der Waals surface area contributed by atoms with Crippen molar-refractivity contribution in [3.8, 4) is 11.3 Å². The lowest BCUT2D eigenvalue weighted by molar-refractivity contribution is 0.509. The zero-order chi connectivity index (χ0) is 12.4. The van der Waals surface area contributed by atoms with E-state index < -0.39 is 11.6 Å². The highest BCUT2D eigenvalue weighted by Crippen LogP contribution is 2.20. The molecular weight excluding hydrogens is 224 g/mol. The van der Waals surface area contributed by atoms with Gasteiger partial charge in [-0.2, -0.15) is 0 Å². The molecule has 0 spiro atoms. The Morgan fingerprint density at radius 2 is 1.88 bits per heavy atom. The molecule has 2 N–H and O–H groups in total. The molecule has 0 atom stereocenters. The molecule has 2 aromatic rings. The third-order valence-corrected chi connectivity index (χ3v) is 2.30. The van der Waals surface area contributed by atoms with Gasteiger partial charge in [0.05, 0.1) is 12.2 Å². The van der Waals surface area contributed by atoms with Crippen molar-refractivity contribution in [3.63, 3.8) is 0 Å². The smallest absolute Gasteiger partial charge is 0.159 e. The van der Waals surface area contributed by atoms with E-state index in [9.17, 15) is 8.78 Å². The van der Waals surface area contributed by atoms with Crippen LogP contribution in [0.1, 0.15) is 11.5 Å². The minimum Gasteiger partial charge on any atom is -0.324 e. The largest absolute Gasteiger partial charge is 0.324 e. The second-order valence-electron chi connectivity index (χ2n) is 3.64. The molecule has 5 heteroatoms. The summed E-state index contributed by atoms with van der Waals surface area (Å²) in [5.41, 5.74) is 7.24. The number of aryl methyl sites for hydroxylation is 1. The van der Waals surface area contributed by atoms with Crippen molar-refractivity contribution in [1.82, 2.24) is 9.97 Å². The maximum Gasteiger partial charge on any atom is 0.159 e. The molecule has 0 saturated carbocycles. The summed E-state index contributed by atoms with van der Waals surface area (Å²) in [5, 5.41) is 0. The van der Waals surface area contributed by atoms with Crippen LogP contribution in [0.2, 0.25) is 0 Å². The second kappa shape index (κ2) is 4.55. The molecule has 0 radical (unpaired) electrons. The predicted octanol–water partition coefficient (Wildman–Crippen LogP) is 2.19. The summed E-state index contributed by atoms with van der Waals surface area (Å²) in [6.07, 6.45) is 0. The van der Waals surface area contributed by atoms with Crippen molar-refractivity contribution in [2.24, 2.45) is 5.73 Å². The standard InChI is InChI=1S/C12H11F2N3/c1-7-4-11(17-12(6-15)16-7)8-2-3-9(13)10(14)5-8/h2-5H,6,15H2,1H3. The third-order valence-electron chi connectivity index (χ3n) is 2.30. The highest BCUT2D eigenvalue weighted by atomic mass is 19.2. The van der Waals surface area contributed by atoms with Gasteiger partial charge >= 0.3 is 0 Å². The van der Waals surface area contributed by atoms with Gasteiger partial charge in [0.25, 0.3) is 0 Å². The number of halogens is 2. The van der Waals surface area contributed by atoms with Gasteiger partial charge in [-0.1, -0.05) is 0 Å². The van der Waals surface area contributed by atoms with Crippen molar-refractivity contribution >= 4 is 0 Å². The number of hydrogen-bond donors (Lipinski definition) is 1. The fourth-order valence-corrected chi connectivity index (χ4v) is 1.52. The lowest BCUT2D eigenvalue weighted by atomic mass is 10.1. The molecule has 0 aliphatic carbocycles. The quantitative estimate of drug-likeness (QED) is 0.868. The van der Waals surface area contributed by atoms with Crippen LogP contribution >= 0.6 is 0 Å². The van der Waals surface area contributed by atoms with E-state index in [0.717, 1.165) is 17.8 Å². The van der Waals surface area contributed by atoms with Gasteiger partial charge in [-0.15, -0.1) is 0 Å². The van der Waals surface area contributed by atoms with Gasteiger partial charge in [0.1, 0.15) is 5.82 Å². The number of aromatic nitrogens is 2. The molecule has 1 aromatic carbocycles. The van der Waals surface area contributed by atoms with E-state index in [1.165, 1.54) is 6.07 Å². The predicted molar refractivity (Wildman–Crippen MR) is 60.0 cm³/mol. The molecule has 88 valence electrons. The van der Waals surface area contributed by atoms with Crippen LogP contribution in [0.3, 0.4) is 0 Å². The molecule has 0 fully saturated rings. The monoisotopic (exact) mass is 235 g/mol. The van der Waals surface area contributed by atoms with Crippen LogP contribution < -0.4 is 5.73 Å². The zero-order valence-corrected chi connectivity index (χ0v) is 9.24. The van der Waals surface area contributed by atoms with Crippen LogP contribution in [0.25, 0.3) is 11.3 Å². The summed E-state index contributed by atoms with van der Waals surface area (Å²) in [6, 6.07) is 5.36. The summed E-state index contributed by atoms with van der Waals surface area (Å²) in [7, 11) is 0. The first-order valence-electron chi connectivity index (χ1n) is 5.10. The minimum absolute atomic E-state index is 0.207. The normalized spacial score (nSPS) is 10.6. The van der Waals surface area contributed by atoms with Gasteiger partial charge in [-0.25, -0.2) is 18.7 Å². The van der Waals surface area contributed by atoms with Crippen molar-refractivity contribution in [1.29, 1.82) is 0 Å². The maximum absolute atomic E-state index is 13.1. The van der Waals surface area contributed by atoms with Crippen LogP contribution in [-0.2, 0) is 6.54 Å². The first-order chi connectivity index (χ1) is 8.10. The van der Waals surface area contributed by atoms with Crippen molar-refractivity contribution in [2.45, 2.75) is 13.5 Å².